The highest BCUT2D eigenvalue weighted by Crippen LogP contribution is 2.11. The minimum Gasteiger partial charge on any atom is -0.389 e. The first-order valence-corrected chi connectivity index (χ1v) is 3.09. The lowest BCUT2D eigenvalue weighted by Gasteiger charge is -2.02. The van der Waals surface area contributed by atoms with Gasteiger partial charge in [0.1, 0.15) is 5.82 Å². The normalized spacial score (nSPS) is 13.0. The smallest absolute Gasteiger partial charge is 0.123 e. The first kappa shape index (κ1) is 7.02. The molecule has 3 heteroatoms. The van der Waals surface area contributed by atoms with Gasteiger partial charge in [0, 0.05) is 6.20 Å². The zero-order valence-electron chi connectivity index (χ0n) is 5.78. The third-order valence-corrected chi connectivity index (χ3v) is 1.29. The van der Waals surface area contributed by atoms with Gasteiger partial charge in [0.05, 0.1) is 6.10 Å². The van der Waals surface area contributed by atoms with Gasteiger partial charge in [0.25, 0.3) is 0 Å². The fourth-order valence-corrected chi connectivity index (χ4v) is 0.725. The third-order valence-electron chi connectivity index (χ3n) is 1.29. The van der Waals surface area contributed by atoms with Gasteiger partial charge in [-0.15, -0.1) is 0 Å². The molecule has 0 unspecified atom stereocenters. The highest BCUT2D eigenvalue weighted by atomic mass is 16.3. The molecule has 1 heterocycles. The van der Waals surface area contributed by atoms with E-state index in [0.717, 1.165) is 5.56 Å². The second-order valence-electron chi connectivity index (χ2n) is 2.19. The summed E-state index contributed by atoms with van der Waals surface area (Å²) in [5.41, 5.74) is 6.17. The Kier molecular flexibility index (Phi) is 1.87. The average Bonchev–Trinajstić information content (AvgIpc) is 1.88. The molecule has 0 aliphatic carbocycles. The van der Waals surface area contributed by atoms with Crippen molar-refractivity contribution in [3.63, 3.8) is 0 Å². The number of nitrogens with two attached hydrogens (primary N) is 1. The van der Waals surface area contributed by atoms with Gasteiger partial charge >= 0.3 is 0 Å². The van der Waals surface area contributed by atoms with Gasteiger partial charge in [0.2, 0.25) is 0 Å². The van der Waals surface area contributed by atoms with Crippen LogP contribution < -0.4 is 5.73 Å². The molecule has 0 spiro atoms. The number of aromatic nitrogens is 1. The Labute approximate surface area is 59.5 Å². The largest absolute Gasteiger partial charge is 0.389 e. The summed E-state index contributed by atoms with van der Waals surface area (Å²) in [4.78, 5) is 3.79. The number of nitrogen functional groups attached to an aromatic ring is 1. The Morgan fingerprint density at radius 3 is 2.80 bits per heavy atom. The molecule has 3 N–H and O–H groups in total. The molecule has 0 saturated heterocycles. The molecule has 0 fully saturated rings. The molecule has 1 aromatic heterocycles. The van der Waals surface area contributed by atoms with Crippen molar-refractivity contribution in [2.24, 2.45) is 0 Å². The van der Waals surface area contributed by atoms with Crippen LogP contribution in [0.3, 0.4) is 0 Å². The fraction of sp³-hybridized carbons (Fsp3) is 0.286. The lowest BCUT2D eigenvalue weighted by molar-refractivity contribution is 0.199. The van der Waals surface area contributed by atoms with Crippen LogP contribution in [0.1, 0.15) is 18.6 Å². The second kappa shape index (κ2) is 2.66. The Balaban J connectivity index is 2.96. The molecule has 1 aromatic rings. The van der Waals surface area contributed by atoms with E-state index in [4.69, 9.17) is 10.8 Å². The van der Waals surface area contributed by atoms with E-state index in [1.165, 1.54) is 0 Å². The van der Waals surface area contributed by atoms with Gasteiger partial charge in [-0.2, -0.15) is 0 Å². The molecule has 0 aromatic carbocycles. The van der Waals surface area contributed by atoms with Gasteiger partial charge in [-0.25, -0.2) is 4.98 Å². The summed E-state index contributed by atoms with van der Waals surface area (Å²) >= 11 is 0. The topological polar surface area (TPSA) is 59.1 Å². The molecule has 1 rings (SSSR count). The maximum Gasteiger partial charge on any atom is 0.123 e. The van der Waals surface area contributed by atoms with Gasteiger partial charge in [0.15, 0.2) is 0 Å². The molecule has 10 heavy (non-hydrogen) atoms. The predicted octanol–water partition coefficient (Wildman–Crippen LogP) is 0.717. The Bertz CT molecular complexity index is 223. The standard InChI is InChI=1S/C7H10N2O/c1-5(10)6-2-3-9-7(8)4-6/h2-5,10H,1H3,(H2,8,9)/t5-/m0/s1. The van der Waals surface area contributed by atoms with Crippen molar-refractivity contribution >= 4 is 5.82 Å². The van der Waals surface area contributed by atoms with Crippen LogP contribution in [0, 0.1) is 0 Å². The Morgan fingerprint density at radius 2 is 2.40 bits per heavy atom. The minimum absolute atomic E-state index is 0.443. The van der Waals surface area contributed by atoms with E-state index in [1.807, 2.05) is 0 Å². The van der Waals surface area contributed by atoms with E-state index in [0.29, 0.717) is 5.82 Å². The number of aliphatic hydroxyl groups is 1. The van der Waals surface area contributed by atoms with E-state index in [-0.39, 0.29) is 0 Å². The van der Waals surface area contributed by atoms with Crippen LogP contribution >= 0.6 is 0 Å². The van der Waals surface area contributed by atoms with Crippen LogP contribution in [0.25, 0.3) is 0 Å². The number of aliphatic hydroxyl groups excluding tert-OH is 1. The van der Waals surface area contributed by atoms with E-state index in [1.54, 1.807) is 25.3 Å². The summed E-state index contributed by atoms with van der Waals surface area (Å²) in [6.45, 7) is 1.69. The van der Waals surface area contributed by atoms with Crippen LogP contribution in [0.4, 0.5) is 5.82 Å². The summed E-state index contributed by atoms with van der Waals surface area (Å²) in [6.07, 6.45) is 1.11. The Hall–Kier alpha value is -1.09. The number of rotatable bonds is 1. The van der Waals surface area contributed by atoms with Crippen molar-refractivity contribution < 1.29 is 5.11 Å². The zero-order valence-corrected chi connectivity index (χ0v) is 5.78. The molecule has 54 valence electrons. The molecular formula is C7H10N2O. The molecule has 0 radical (unpaired) electrons. The summed E-state index contributed by atoms with van der Waals surface area (Å²) in [5, 5.41) is 9.06. The highest BCUT2D eigenvalue weighted by molar-refractivity contribution is 5.32. The lowest BCUT2D eigenvalue weighted by Crippen LogP contribution is -1.95. The van der Waals surface area contributed by atoms with Crippen LogP contribution in [-0.4, -0.2) is 10.1 Å². The van der Waals surface area contributed by atoms with Crippen molar-refractivity contribution in [2.45, 2.75) is 13.0 Å². The first-order valence-electron chi connectivity index (χ1n) is 3.09. The SMILES string of the molecule is C[C@H](O)c1ccnc(N)c1. The molecule has 0 bridgehead atoms. The maximum atomic E-state index is 9.06. The van der Waals surface area contributed by atoms with Crippen molar-refractivity contribution in [3.8, 4) is 0 Å². The van der Waals surface area contributed by atoms with Crippen LogP contribution in [0.2, 0.25) is 0 Å². The van der Waals surface area contributed by atoms with Gasteiger partial charge in [-0.3, -0.25) is 0 Å². The number of nitrogens with zero attached hydrogens (tertiary/aromatic N) is 1. The van der Waals surface area contributed by atoms with Crippen molar-refractivity contribution in [2.75, 3.05) is 5.73 Å². The van der Waals surface area contributed by atoms with Crippen molar-refractivity contribution in [3.05, 3.63) is 23.9 Å². The quantitative estimate of drug-likeness (QED) is 0.601. The van der Waals surface area contributed by atoms with E-state index in [9.17, 15) is 0 Å². The first-order chi connectivity index (χ1) is 4.70. The van der Waals surface area contributed by atoms with E-state index in [2.05, 4.69) is 4.98 Å². The summed E-state index contributed by atoms with van der Waals surface area (Å²) in [5.74, 6) is 0.443. The number of pyridine rings is 1. The van der Waals surface area contributed by atoms with Crippen molar-refractivity contribution in [1.29, 1.82) is 0 Å². The zero-order chi connectivity index (χ0) is 7.56. The van der Waals surface area contributed by atoms with E-state index >= 15 is 0 Å². The summed E-state index contributed by atoms with van der Waals surface area (Å²) < 4.78 is 0. The third kappa shape index (κ3) is 1.45. The minimum atomic E-state index is -0.467. The number of hydrogen-bond acceptors (Lipinski definition) is 3. The molecule has 0 saturated carbocycles. The predicted molar refractivity (Wildman–Crippen MR) is 39.3 cm³/mol. The van der Waals surface area contributed by atoms with Gasteiger partial charge < -0.3 is 10.8 Å². The average molecular weight is 138 g/mol. The van der Waals surface area contributed by atoms with Crippen LogP contribution in [0.15, 0.2) is 18.3 Å². The van der Waals surface area contributed by atoms with Gasteiger partial charge in [-0.1, -0.05) is 0 Å². The molecule has 0 aliphatic rings. The molecule has 0 amide bonds. The molecule has 3 nitrogen and oxygen atoms in total. The number of anilines is 1. The Morgan fingerprint density at radius 1 is 1.70 bits per heavy atom. The lowest BCUT2D eigenvalue weighted by atomic mass is 10.2. The maximum absolute atomic E-state index is 9.06. The molecule has 0 aliphatic heterocycles. The van der Waals surface area contributed by atoms with Crippen LogP contribution in [-0.2, 0) is 0 Å². The van der Waals surface area contributed by atoms with Gasteiger partial charge in [-0.05, 0) is 24.6 Å². The van der Waals surface area contributed by atoms with Crippen LogP contribution in [0.5, 0.6) is 0 Å². The molecule has 1 atom stereocenters. The highest BCUT2D eigenvalue weighted by Gasteiger charge is 1.98. The molecular weight excluding hydrogens is 128 g/mol. The summed E-state index contributed by atoms with van der Waals surface area (Å²) in [6, 6.07) is 3.39. The summed E-state index contributed by atoms with van der Waals surface area (Å²) in [7, 11) is 0. The monoisotopic (exact) mass is 138 g/mol. The van der Waals surface area contributed by atoms with Crippen molar-refractivity contribution in [1.82, 2.24) is 4.98 Å². The van der Waals surface area contributed by atoms with E-state index < -0.39 is 6.10 Å². The second-order valence-corrected chi connectivity index (χ2v) is 2.19. The fourth-order valence-electron chi connectivity index (χ4n) is 0.725. The number of hydrogen-bond donors (Lipinski definition) is 2.